The van der Waals surface area contributed by atoms with Crippen molar-refractivity contribution in [2.24, 2.45) is 0 Å². The topological polar surface area (TPSA) is 86.0 Å². The van der Waals surface area contributed by atoms with Crippen LogP contribution in [0.5, 0.6) is 5.88 Å². The number of nitrogens with zero attached hydrogens (tertiary/aromatic N) is 3. The fourth-order valence-corrected chi connectivity index (χ4v) is 5.66. The molecule has 7 heteroatoms. The molecule has 0 amide bonds. The van der Waals surface area contributed by atoms with Crippen LogP contribution in [0, 0.1) is 13.8 Å². The lowest BCUT2D eigenvalue weighted by Gasteiger charge is -2.15. The molecule has 176 valence electrons. The normalized spacial score (nSPS) is 13.4. The number of rotatable bonds is 7. The first-order valence-corrected chi connectivity index (χ1v) is 12.7. The molecule has 0 aliphatic heterocycles. The molecule has 1 aliphatic carbocycles. The van der Waals surface area contributed by atoms with Gasteiger partial charge in [-0.25, -0.2) is 15.0 Å². The maximum Gasteiger partial charge on any atom is 0.218 e. The predicted molar refractivity (Wildman–Crippen MR) is 143 cm³/mol. The van der Waals surface area contributed by atoms with E-state index in [-0.39, 0.29) is 0 Å². The van der Waals surface area contributed by atoms with Crippen LogP contribution in [0.2, 0.25) is 0 Å². The molecule has 1 fully saturated rings. The maximum atomic E-state index is 6.08. The summed E-state index contributed by atoms with van der Waals surface area (Å²) in [7, 11) is 0. The van der Waals surface area contributed by atoms with Gasteiger partial charge in [0.1, 0.15) is 24.6 Å². The Morgan fingerprint density at radius 2 is 1.91 bits per heavy atom. The lowest BCUT2D eigenvalue weighted by atomic mass is 9.96. The molecule has 2 aromatic carbocycles. The second kappa shape index (κ2) is 8.82. The second-order valence-corrected chi connectivity index (χ2v) is 10.4. The molecule has 0 spiro atoms. The Hall–Kier alpha value is -3.71. The number of hydrogen-bond donors (Lipinski definition) is 2. The molecule has 3 heterocycles. The van der Waals surface area contributed by atoms with Crippen LogP contribution in [-0.2, 0) is 13.2 Å². The molecule has 5 aromatic rings. The molecule has 6 rings (SSSR count). The third-order valence-electron chi connectivity index (χ3n) is 6.81. The van der Waals surface area contributed by atoms with Gasteiger partial charge in [-0.2, -0.15) is 0 Å². The van der Waals surface area contributed by atoms with Crippen molar-refractivity contribution >= 4 is 43.8 Å². The molecule has 0 saturated heterocycles. The number of nitrogens with one attached hydrogen (secondary N) is 1. The Balaban J connectivity index is 1.15. The van der Waals surface area contributed by atoms with Crippen LogP contribution >= 0.6 is 11.3 Å². The first-order chi connectivity index (χ1) is 17.0. The Morgan fingerprint density at radius 1 is 1.03 bits per heavy atom. The molecule has 3 aromatic heterocycles. The predicted octanol–water partition coefficient (Wildman–Crippen LogP) is 6.51. The van der Waals surface area contributed by atoms with Gasteiger partial charge in [0.15, 0.2) is 0 Å². The molecule has 0 bridgehead atoms. The first-order valence-electron chi connectivity index (χ1n) is 11.9. The number of aromatic nitrogens is 3. The average Bonchev–Trinajstić information content (AvgIpc) is 3.63. The highest BCUT2D eigenvalue weighted by atomic mass is 32.1. The van der Waals surface area contributed by atoms with Gasteiger partial charge in [0.25, 0.3) is 0 Å². The molecular formula is C28H27N5OS. The van der Waals surface area contributed by atoms with Crippen LogP contribution < -0.4 is 15.8 Å². The fraction of sp³-hybridized carbons (Fsp3) is 0.250. The van der Waals surface area contributed by atoms with Crippen molar-refractivity contribution in [3.05, 3.63) is 82.1 Å². The number of nitrogen functional groups attached to an aromatic ring is 1. The Labute approximate surface area is 208 Å². The lowest BCUT2D eigenvalue weighted by molar-refractivity contribution is 0.297. The zero-order valence-corrected chi connectivity index (χ0v) is 20.7. The van der Waals surface area contributed by atoms with Gasteiger partial charge in [-0.1, -0.05) is 12.1 Å². The molecule has 0 unspecified atom stereocenters. The third kappa shape index (κ3) is 4.39. The largest absolute Gasteiger partial charge is 0.472 e. The number of fused-ring (bicyclic) bond motifs is 2. The summed E-state index contributed by atoms with van der Waals surface area (Å²) in [5.74, 6) is 2.62. The minimum atomic E-state index is 0.493. The van der Waals surface area contributed by atoms with Gasteiger partial charge in [-0.3, -0.25) is 0 Å². The Bertz CT molecular complexity index is 1560. The van der Waals surface area contributed by atoms with Gasteiger partial charge >= 0.3 is 0 Å². The summed E-state index contributed by atoms with van der Waals surface area (Å²) >= 11 is 1.78. The number of benzene rings is 2. The van der Waals surface area contributed by atoms with E-state index in [4.69, 9.17) is 10.5 Å². The first kappa shape index (κ1) is 21.8. The summed E-state index contributed by atoms with van der Waals surface area (Å²) in [6, 6.07) is 15.1. The minimum Gasteiger partial charge on any atom is -0.472 e. The van der Waals surface area contributed by atoms with Crippen LogP contribution in [0.4, 0.5) is 11.6 Å². The molecule has 35 heavy (non-hydrogen) atoms. The number of aryl methyl sites for hydroxylation is 2. The number of anilines is 2. The van der Waals surface area contributed by atoms with E-state index in [1.807, 2.05) is 12.1 Å². The van der Waals surface area contributed by atoms with Crippen molar-refractivity contribution < 1.29 is 4.74 Å². The maximum absolute atomic E-state index is 6.08. The summed E-state index contributed by atoms with van der Waals surface area (Å²) in [5, 5.41) is 6.86. The van der Waals surface area contributed by atoms with Gasteiger partial charge < -0.3 is 15.8 Å². The van der Waals surface area contributed by atoms with Gasteiger partial charge in [-0.15, -0.1) is 11.3 Å². The summed E-state index contributed by atoms with van der Waals surface area (Å²) in [6.07, 6.45) is 5.94. The van der Waals surface area contributed by atoms with Crippen molar-refractivity contribution in [3.63, 3.8) is 0 Å². The van der Waals surface area contributed by atoms with E-state index in [1.54, 1.807) is 17.5 Å². The zero-order chi connectivity index (χ0) is 23.9. The van der Waals surface area contributed by atoms with E-state index in [9.17, 15) is 0 Å². The smallest absolute Gasteiger partial charge is 0.218 e. The van der Waals surface area contributed by atoms with Crippen LogP contribution in [-0.4, -0.2) is 15.0 Å². The van der Waals surface area contributed by atoms with Crippen molar-refractivity contribution in [1.29, 1.82) is 0 Å². The van der Waals surface area contributed by atoms with Gasteiger partial charge in [0.05, 0.1) is 0 Å². The minimum absolute atomic E-state index is 0.493. The monoisotopic (exact) mass is 481 g/mol. The zero-order valence-electron chi connectivity index (χ0n) is 19.8. The van der Waals surface area contributed by atoms with E-state index < -0.39 is 0 Å². The van der Waals surface area contributed by atoms with Gasteiger partial charge in [0, 0.05) is 33.8 Å². The van der Waals surface area contributed by atoms with E-state index >= 15 is 0 Å². The average molecular weight is 482 g/mol. The quantitative estimate of drug-likeness (QED) is 0.276. The summed E-state index contributed by atoms with van der Waals surface area (Å²) in [5.41, 5.74) is 11.1. The van der Waals surface area contributed by atoms with Crippen LogP contribution in [0.25, 0.3) is 20.9 Å². The summed E-state index contributed by atoms with van der Waals surface area (Å²) in [6.45, 7) is 5.36. The van der Waals surface area contributed by atoms with Crippen LogP contribution in [0.15, 0.2) is 55.0 Å². The third-order valence-corrected chi connectivity index (χ3v) is 7.89. The standard InChI is InChI=1S/C28H27N5OS/c1-16-9-23-22(7-8-30-28(23)29)17(2)24(16)13-31-26-12-27(33-15-32-26)34-14-21-11-20-10-19(18-3-4-18)5-6-25(20)35-21/h5-12,15,18H,3-4,13-14H2,1-2H3,(H2,29,30)(H,31,32,33). The molecular weight excluding hydrogens is 454 g/mol. The van der Waals surface area contributed by atoms with Crippen molar-refractivity contribution in [2.75, 3.05) is 11.1 Å². The number of ether oxygens (including phenoxy) is 1. The number of hydrogen-bond acceptors (Lipinski definition) is 7. The van der Waals surface area contributed by atoms with Crippen molar-refractivity contribution in [1.82, 2.24) is 15.0 Å². The van der Waals surface area contributed by atoms with E-state index in [0.29, 0.717) is 24.8 Å². The SMILES string of the molecule is Cc1cc2c(N)nccc2c(C)c1CNc1cc(OCc2cc3cc(C4CC4)ccc3s2)ncn1. The summed E-state index contributed by atoms with van der Waals surface area (Å²) in [4.78, 5) is 14.1. The molecule has 0 radical (unpaired) electrons. The second-order valence-electron chi connectivity index (χ2n) is 9.26. The van der Waals surface area contributed by atoms with Gasteiger partial charge in [0.2, 0.25) is 5.88 Å². The van der Waals surface area contributed by atoms with Crippen LogP contribution in [0.1, 0.15) is 45.9 Å². The van der Waals surface area contributed by atoms with E-state index in [0.717, 1.165) is 22.5 Å². The molecule has 6 nitrogen and oxygen atoms in total. The van der Waals surface area contributed by atoms with Crippen molar-refractivity contribution in [3.8, 4) is 5.88 Å². The van der Waals surface area contributed by atoms with E-state index in [2.05, 4.69) is 64.4 Å². The highest BCUT2D eigenvalue weighted by molar-refractivity contribution is 7.19. The number of pyridine rings is 1. The summed E-state index contributed by atoms with van der Waals surface area (Å²) < 4.78 is 7.32. The number of nitrogens with two attached hydrogens (primary N) is 1. The molecule has 1 saturated carbocycles. The Morgan fingerprint density at radius 3 is 2.77 bits per heavy atom. The van der Waals surface area contributed by atoms with Crippen molar-refractivity contribution in [2.45, 2.75) is 45.8 Å². The highest BCUT2D eigenvalue weighted by Crippen LogP contribution is 2.41. The number of thiophene rings is 1. The van der Waals surface area contributed by atoms with Crippen LogP contribution in [0.3, 0.4) is 0 Å². The molecule has 0 atom stereocenters. The highest BCUT2D eigenvalue weighted by Gasteiger charge is 2.23. The van der Waals surface area contributed by atoms with E-state index in [1.165, 1.54) is 56.4 Å². The fourth-order valence-electron chi connectivity index (χ4n) is 4.70. The lowest BCUT2D eigenvalue weighted by Crippen LogP contribution is -2.07. The molecule has 1 aliphatic rings. The molecule has 3 N–H and O–H groups in total. The van der Waals surface area contributed by atoms with Gasteiger partial charge in [-0.05, 0) is 89.9 Å². The Kier molecular flexibility index (Phi) is 5.49.